The molecule has 2 heterocycles. The fraction of sp³-hybridized carbons (Fsp3) is 0.263. The molecule has 0 atom stereocenters. The van der Waals surface area contributed by atoms with Crippen LogP contribution in [0, 0.1) is 19.7 Å². The Kier molecular flexibility index (Phi) is 5.53. The Morgan fingerprint density at radius 2 is 2.00 bits per heavy atom. The van der Waals surface area contributed by atoms with E-state index in [4.69, 9.17) is 5.11 Å². The highest BCUT2D eigenvalue weighted by atomic mass is 19.1. The van der Waals surface area contributed by atoms with E-state index in [0.29, 0.717) is 17.9 Å². The second-order valence-corrected chi connectivity index (χ2v) is 6.38. The average molecular weight is 385 g/mol. The standard InChI is InChI=1S/C19H20FN5O3/c1-12-18(13(2)25(23-12)11-14-4-3-5-15(20)10-14)22-17(26)7-9-24-16(19(27)28)6-8-21-24/h3-6,8,10H,7,9,11H2,1-2H3,(H,22,26)(H,27,28). The Balaban J connectivity index is 1.67. The van der Waals surface area contributed by atoms with Crippen LogP contribution in [0.5, 0.6) is 0 Å². The molecule has 3 aromatic rings. The van der Waals surface area contributed by atoms with Gasteiger partial charge >= 0.3 is 5.97 Å². The van der Waals surface area contributed by atoms with E-state index >= 15 is 0 Å². The number of hydrogen-bond donors (Lipinski definition) is 2. The van der Waals surface area contributed by atoms with E-state index in [9.17, 15) is 14.0 Å². The van der Waals surface area contributed by atoms with Crippen LogP contribution in [0.1, 0.15) is 33.9 Å². The van der Waals surface area contributed by atoms with E-state index in [0.717, 1.165) is 11.3 Å². The van der Waals surface area contributed by atoms with Crippen LogP contribution in [0.3, 0.4) is 0 Å². The van der Waals surface area contributed by atoms with Crippen molar-refractivity contribution in [2.45, 2.75) is 33.4 Å². The second-order valence-electron chi connectivity index (χ2n) is 6.38. The van der Waals surface area contributed by atoms with Crippen molar-refractivity contribution in [2.75, 3.05) is 5.32 Å². The van der Waals surface area contributed by atoms with E-state index in [1.807, 2.05) is 13.0 Å². The molecule has 2 aromatic heterocycles. The molecule has 0 radical (unpaired) electrons. The lowest BCUT2D eigenvalue weighted by Gasteiger charge is -2.08. The molecule has 1 aromatic carbocycles. The lowest BCUT2D eigenvalue weighted by atomic mass is 10.2. The summed E-state index contributed by atoms with van der Waals surface area (Å²) >= 11 is 0. The minimum Gasteiger partial charge on any atom is -0.477 e. The van der Waals surface area contributed by atoms with Crippen molar-refractivity contribution in [3.05, 3.63) is 65.0 Å². The molecule has 8 nitrogen and oxygen atoms in total. The lowest BCUT2D eigenvalue weighted by Crippen LogP contribution is -2.18. The van der Waals surface area contributed by atoms with Crippen LogP contribution in [-0.4, -0.2) is 36.5 Å². The molecule has 0 aliphatic heterocycles. The number of aryl methyl sites for hydroxylation is 2. The van der Waals surface area contributed by atoms with Gasteiger partial charge in [-0.2, -0.15) is 10.2 Å². The molecule has 28 heavy (non-hydrogen) atoms. The number of nitrogens with zero attached hydrogens (tertiary/aromatic N) is 4. The predicted molar refractivity (Wildman–Crippen MR) is 99.6 cm³/mol. The monoisotopic (exact) mass is 385 g/mol. The van der Waals surface area contributed by atoms with Crippen molar-refractivity contribution in [1.82, 2.24) is 19.6 Å². The minimum absolute atomic E-state index is 0.0306. The molecule has 0 saturated heterocycles. The van der Waals surface area contributed by atoms with Crippen molar-refractivity contribution < 1.29 is 19.1 Å². The zero-order valence-corrected chi connectivity index (χ0v) is 15.5. The summed E-state index contributed by atoms with van der Waals surface area (Å²) in [6, 6.07) is 7.65. The van der Waals surface area contributed by atoms with Crippen molar-refractivity contribution >= 4 is 17.6 Å². The van der Waals surface area contributed by atoms with Gasteiger partial charge in [-0.15, -0.1) is 0 Å². The first-order valence-electron chi connectivity index (χ1n) is 8.68. The summed E-state index contributed by atoms with van der Waals surface area (Å²) < 4.78 is 16.4. The first-order chi connectivity index (χ1) is 13.3. The summed E-state index contributed by atoms with van der Waals surface area (Å²) in [5, 5.41) is 20.2. The Bertz CT molecular complexity index is 1020. The number of anilines is 1. The number of carboxylic acids is 1. The molecule has 2 N–H and O–H groups in total. The third kappa shape index (κ3) is 4.25. The Morgan fingerprint density at radius 3 is 2.71 bits per heavy atom. The maximum atomic E-state index is 13.4. The molecular weight excluding hydrogens is 365 g/mol. The predicted octanol–water partition coefficient (Wildman–Crippen LogP) is 2.61. The number of rotatable bonds is 7. The van der Waals surface area contributed by atoms with Crippen LogP contribution in [0.15, 0.2) is 36.5 Å². The maximum absolute atomic E-state index is 13.4. The molecule has 146 valence electrons. The molecule has 3 rings (SSSR count). The van der Waals surface area contributed by atoms with E-state index in [2.05, 4.69) is 15.5 Å². The van der Waals surface area contributed by atoms with Crippen molar-refractivity contribution in [2.24, 2.45) is 0 Å². The third-order valence-electron chi connectivity index (χ3n) is 4.35. The Hall–Kier alpha value is -3.49. The maximum Gasteiger partial charge on any atom is 0.354 e. The number of aromatic nitrogens is 4. The van der Waals surface area contributed by atoms with Gasteiger partial charge in [-0.1, -0.05) is 12.1 Å². The average Bonchev–Trinajstić information content (AvgIpc) is 3.21. The molecule has 0 aliphatic rings. The van der Waals surface area contributed by atoms with Gasteiger partial charge in [0.25, 0.3) is 0 Å². The van der Waals surface area contributed by atoms with Crippen LogP contribution in [0.25, 0.3) is 0 Å². The molecule has 1 amide bonds. The summed E-state index contributed by atoms with van der Waals surface area (Å²) in [5.74, 6) is -1.68. The Labute approximate surface area is 160 Å². The number of carboxylic acid groups (broad SMARTS) is 1. The molecule has 0 aliphatic carbocycles. The van der Waals surface area contributed by atoms with E-state index in [1.54, 1.807) is 17.7 Å². The highest BCUT2D eigenvalue weighted by molar-refractivity contribution is 5.92. The van der Waals surface area contributed by atoms with Gasteiger partial charge in [0.15, 0.2) is 0 Å². The molecule has 0 spiro atoms. The summed E-state index contributed by atoms with van der Waals surface area (Å²) in [4.78, 5) is 23.4. The smallest absolute Gasteiger partial charge is 0.354 e. The molecular formula is C19H20FN5O3. The van der Waals surface area contributed by atoms with Gasteiger partial charge in [-0.3, -0.25) is 14.2 Å². The van der Waals surface area contributed by atoms with E-state index in [-0.39, 0.29) is 30.4 Å². The third-order valence-corrected chi connectivity index (χ3v) is 4.35. The zero-order valence-electron chi connectivity index (χ0n) is 15.5. The number of carbonyl (C=O) groups excluding carboxylic acids is 1. The summed E-state index contributed by atoms with van der Waals surface area (Å²) in [5.41, 5.74) is 2.79. The number of aromatic carboxylic acids is 1. The number of amides is 1. The first-order valence-corrected chi connectivity index (χ1v) is 8.68. The minimum atomic E-state index is -1.09. The van der Waals surface area contributed by atoms with Crippen LogP contribution >= 0.6 is 0 Å². The van der Waals surface area contributed by atoms with Crippen molar-refractivity contribution in [3.8, 4) is 0 Å². The van der Waals surface area contributed by atoms with E-state index < -0.39 is 5.97 Å². The highest BCUT2D eigenvalue weighted by Crippen LogP contribution is 2.21. The van der Waals surface area contributed by atoms with Gasteiger partial charge in [0, 0.05) is 12.6 Å². The van der Waals surface area contributed by atoms with Crippen molar-refractivity contribution in [3.63, 3.8) is 0 Å². The lowest BCUT2D eigenvalue weighted by molar-refractivity contribution is -0.116. The van der Waals surface area contributed by atoms with Gasteiger partial charge in [-0.05, 0) is 37.6 Å². The van der Waals surface area contributed by atoms with Crippen LogP contribution in [-0.2, 0) is 17.9 Å². The number of carbonyl (C=O) groups is 2. The number of benzene rings is 1. The van der Waals surface area contributed by atoms with Gasteiger partial charge in [-0.25, -0.2) is 9.18 Å². The SMILES string of the molecule is Cc1nn(Cc2cccc(F)c2)c(C)c1NC(=O)CCn1nccc1C(=O)O. The zero-order chi connectivity index (χ0) is 20.3. The molecule has 0 saturated carbocycles. The highest BCUT2D eigenvalue weighted by Gasteiger charge is 2.16. The van der Waals surface area contributed by atoms with Crippen LogP contribution < -0.4 is 5.32 Å². The molecule has 9 heteroatoms. The van der Waals surface area contributed by atoms with Gasteiger partial charge in [0.05, 0.1) is 30.2 Å². The summed E-state index contributed by atoms with van der Waals surface area (Å²) in [6.45, 7) is 4.14. The van der Waals surface area contributed by atoms with E-state index in [1.165, 1.54) is 29.1 Å². The van der Waals surface area contributed by atoms with Gasteiger partial charge in [0.2, 0.25) is 5.91 Å². The fourth-order valence-electron chi connectivity index (χ4n) is 2.94. The van der Waals surface area contributed by atoms with Crippen LogP contribution in [0.4, 0.5) is 10.1 Å². The van der Waals surface area contributed by atoms with Crippen molar-refractivity contribution in [1.29, 1.82) is 0 Å². The fourth-order valence-corrected chi connectivity index (χ4v) is 2.94. The molecule has 0 fully saturated rings. The van der Waals surface area contributed by atoms with Gasteiger partial charge < -0.3 is 10.4 Å². The first kappa shape index (κ1) is 19.3. The number of halogens is 1. The summed E-state index contributed by atoms with van der Waals surface area (Å²) in [6.07, 6.45) is 1.45. The topological polar surface area (TPSA) is 102 Å². The largest absolute Gasteiger partial charge is 0.477 e. The summed E-state index contributed by atoms with van der Waals surface area (Å²) in [7, 11) is 0. The number of hydrogen-bond acceptors (Lipinski definition) is 4. The quantitative estimate of drug-likeness (QED) is 0.651. The van der Waals surface area contributed by atoms with Gasteiger partial charge in [0.1, 0.15) is 11.5 Å². The number of nitrogens with one attached hydrogen (secondary N) is 1. The normalized spacial score (nSPS) is 10.8. The Morgan fingerprint density at radius 1 is 1.21 bits per heavy atom. The molecule has 0 bridgehead atoms. The van der Waals surface area contributed by atoms with Crippen LogP contribution in [0.2, 0.25) is 0 Å². The molecule has 0 unspecified atom stereocenters. The second kappa shape index (κ2) is 8.03.